The Bertz CT molecular complexity index is 1030. The Labute approximate surface area is 187 Å². The number of hydrogen-bond acceptors (Lipinski definition) is 6. The molecule has 10 heteroatoms. The number of nitrogens with one attached hydrogen (secondary N) is 2. The molecule has 170 valence electrons. The van der Waals surface area contributed by atoms with Gasteiger partial charge < -0.3 is 5.32 Å². The molecule has 1 aliphatic carbocycles. The molecule has 3 heterocycles. The van der Waals surface area contributed by atoms with E-state index < -0.39 is 30.2 Å². The van der Waals surface area contributed by atoms with Gasteiger partial charge in [0.05, 0.1) is 11.5 Å². The fourth-order valence-electron chi connectivity index (χ4n) is 5.00. The van der Waals surface area contributed by atoms with Crippen molar-refractivity contribution in [1.82, 2.24) is 25.9 Å². The van der Waals surface area contributed by atoms with E-state index in [4.69, 9.17) is 0 Å². The quantitative estimate of drug-likeness (QED) is 0.710. The van der Waals surface area contributed by atoms with E-state index in [1.165, 1.54) is 17.8 Å². The Kier molecular flexibility index (Phi) is 5.45. The average Bonchev–Trinajstić information content (AvgIpc) is 3.40. The van der Waals surface area contributed by atoms with Gasteiger partial charge in [0.1, 0.15) is 17.2 Å². The molecule has 2 aromatic rings. The minimum atomic E-state index is -4.52. The van der Waals surface area contributed by atoms with Gasteiger partial charge in [-0.3, -0.25) is 4.79 Å². The van der Waals surface area contributed by atoms with Crippen molar-refractivity contribution < 1.29 is 18.0 Å². The van der Waals surface area contributed by atoms with Gasteiger partial charge in [-0.15, -0.1) is 10.2 Å². The summed E-state index contributed by atoms with van der Waals surface area (Å²) >= 11 is 1.37. The second-order valence-corrected chi connectivity index (χ2v) is 9.64. The van der Waals surface area contributed by atoms with Gasteiger partial charge in [-0.25, -0.2) is 10.4 Å². The maximum Gasteiger partial charge on any atom is 0.406 e. The predicted octanol–water partition coefficient (Wildman–Crippen LogP) is 4.31. The van der Waals surface area contributed by atoms with Crippen molar-refractivity contribution in [1.29, 1.82) is 0 Å². The van der Waals surface area contributed by atoms with E-state index in [0.29, 0.717) is 22.2 Å². The third-order valence-corrected chi connectivity index (χ3v) is 7.68. The Balaban J connectivity index is 1.48. The third-order valence-electron chi connectivity index (χ3n) is 6.57. The first-order valence-corrected chi connectivity index (χ1v) is 11.7. The molecule has 2 aliphatic heterocycles. The van der Waals surface area contributed by atoms with Gasteiger partial charge in [-0.05, 0) is 25.3 Å². The smallest absolute Gasteiger partial charge is 0.366 e. The Hall–Kier alpha value is -2.46. The van der Waals surface area contributed by atoms with Crippen molar-refractivity contribution in [2.75, 3.05) is 0 Å². The molecular weight excluding hydrogens is 439 g/mol. The number of nitrogens with zero attached hydrogens (tertiary/aromatic N) is 3. The van der Waals surface area contributed by atoms with Crippen LogP contribution < -0.4 is 10.7 Å². The molecule has 0 spiro atoms. The van der Waals surface area contributed by atoms with E-state index in [-0.39, 0.29) is 5.57 Å². The molecule has 3 unspecified atom stereocenters. The van der Waals surface area contributed by atoms with E-state index in [0.717, 1.165) is 35.7 Å². The van der Waals surface area contributed by atoms with E-state index in [2.05, 4.69) is 20.9 Å². The molecule has 0 bridgehead atoms. The van der Waals surface area contributed by atoms with Gasteiger partial charge >= 0.3 is 6.18 Å². The number of carbonyl (C=O) groups is 1. The highest BCUT2D eigenvalue weighted by molar-refractivity contribution is 7.12. The van der Waals surface area contributed by atoms with Crippen LogP contribution in [0.25, 0.3) is 5.57 Å². The summed E-state index contributed by atoms with van der Waals surface area (Å²) in [7, 11) is 0. The molecule has 32 heavy (non-hydrogen) atoms. The number of rotatable bonds is 3. The number of amides is 1. The lowest BCUT2D eigenvalue weighted by atomic mass is 9.89. The van der Waals surface area contributed by atoms with Crippen molar-refractivity contribution in [2.24, 2.45) is 0 Å². The summed E-state index contributed by atoms with van der Waals surface area (Å²) in [5.41, 5.74) is 3.76. The van der Waals surface area contributed by atoms with Crippen LogP contribution in [-0.2, 0) is 4.79 Å². The molecule has 1 aromatic heterocycles. The molecule has 1 saturated carbocycles. The molecule has 6 nitrogen and oxygen atoms in total. The second kappa shape index (κ2) is 8.15. The highest BCUT2D eigenvalue weighted by atomic mass is 32.1. The lowest BCUT2D eigenvalue weighted by Gasteiger charge is -2.34. The Morgan fingerprint density at radius 1 is 1.09 bits per heavy atom. The maximum absolute atomic E-state index is 13.9. The summed E-state index contributed by atoms with van der Waals surface area (Å²) in [6.45, 7) is 1.72. The summed E-state index contributed by atoms with van der Waals surface area (Å²) < 4.78 is 41.8. The molecule has 0 radical (unpaired) electrons. The van der Waals surface area contributed by atoms with Crippen LogP contribution in [0.1, 0.15) is 66.4 Å². The minimum Gasteiger partial charge on any atom is -0.366 e. The topological polar surface area (TPSA) is 70.2 Å². The van der Waals surface area contributed by atoms with Crippen molar-refractivity contribution in [3.63, 3.8) is 0 Å². The van der Waals surface area contributed by atoms with Crippen LogP contribution in [0.2, 0.25) is 0 Å². The second-order valence-electron chi connectivity index (χ2n) is 8.63. The van der Waals surface area contributed by atoms with E-state index in [1.54, 1.807) is 37.3 Å². The van der Waals surface area contributed by atoms with Crippen molar-refractivity contribution in [3.05, 3.63) is 51.6 Å². The van der Waals surface area contributed by atoms with Crippen LogP contribution >= 0.6 is 11.3 Å². The van der Waals surface area contributed by atoms with Crippen molar-refractivity contribution >= 4 is 22.8 Å². The van der Waals surface area contributed by atoms with Crippen LogP contribution in [0.5, 0.6) is 0 Å². The normalized spacial score (nSPS) is 26.9. The zero-order valence-corrected chi connectivity index (χ0v) is 18.3. The van der Waals surface area contributed by atoms with E-state index >= 15 is 0 Å². The first-order valence-electron chi connectivity index (χ1n) is 10.9. The summed E-state index contributed by atoms with van der Waals surface area (Å²) in [6, 6.07) is 6.61. The lowest BCUT2D eigenvalue weighted by Crippen LogP contribution is -2.54. The minimum absolute atomic E-state index is 0.281. The van der Waals surface area contributed by atoms with Gasteiger partial charge in [0, 0.05) is 11.6 Å². The van der Waals surface area contributed by atoms with Gasteiger partial charge in [0.2, 0.25) is 0 Å². The predicted molar refractivity (Wildman–Crippen MR) is 114 cm³/mol. The van der Waals surface area contributed by atoms with Gasteiger partial charge in [0.25, 0.3) is 5.91 Å². The number of halogens is 3. The Morgan fingerprint density at radius 3 is 2.50 bits per heavy atom. The van der Waals surface area contributed by atoms with E-state index in [1.807, 2.05) is 0 Å². The highest BCUT2D eigenvalue weighted by Gasteiger charge is 2.58. The van der Waals surface area contributed by atoms with E-state index in [9.17, 15) is 18.0 Å². The first-order chi connectivity index (χ1) is 15.3. The summed E-state index contributed by atoms with van der Waals surface area (Å²) in [6.07, 6.45) is 0.263. The van der Waals surface area contributed by atoms with Crippen molar-refractivity contribution in [2.45, 2.75) is 69.2 Å². The number of allylic oxidation sites excluding steroid dienone is 1. The molecule has 2 fully saturated rings. The monoisotopic (exact) mass is 463 g/mol. The van der Waals surface area contributed by atoms with Crippen LogP contribution in [-0.4, -0.2) is 39.5 Å². The fraction of sp³-hybridized carbons (Fsp3) is 0.500. The standard InChI is InChI=1S/C22H24F3N5OS/c1-12-15(20-28-27-19(32-20)14-10-6-3-7-11-14)21(31)30-18(26-12)16(13-8-4-2-5-9-13)17(29-30)22(23,24)25/h2,4-5,8-9,14,16-18,26,29H,3,6-7,10-11H2,1H3. The number of fused-ring (bicyclic) bond motifs is 1. The fourth-order valence-corrected chi connectivity index (χ4v) is 6.10. The Morgan fingerprint density at radius 2 is 1.81 bits per heavy atom. The lowest BCUT2D eigenvalue weighted by molar-refractivity contribution is -0.161. The van der Waals surface area contributed by atoms with Gasteiger partial charge in [-0.2, -0.15) is 13.2 Å². The van der Waals surface area contributed by atoms with Crippen LogP contribution in [0.4, 0.5) is 13.2 Å². The summed E-state index contributed by atoms with van der Waals surface area (Å²) in [4.78, 5) is 13.4. The average molecular weight is 464 g/mol. The molecule has 1 saturated heterocycles. The number of alkyl halides is 3. The number of carbonyl (C=O) groups excluding carboxylic acids is 1. The third kappa shape index (κ3) is 3.69. The largest absolute Gasteiger partial charge is 0.406 e. The maximum atomic E-state index is 13.9. The molecule has 2 N–H and O–H groups in total. The summed E-state index contributed by atoms with van der Waals surface area (Å²) in [5.74, 6) is -1.15. The molecule has 5 rings (SSSR count). The molecule has 3 aliphatic rings. The molecule has 3 atom stereocenters. The molecule has 1 aromatic carbocycles. The van der Waals surface area contributed by atoms with Crippen LogP contribution in [0, 0.1) is 0 Å². The zero-order valence-electron chi connectivity index (χ0n) is 17.5. The number of hydrazine groups is 1. The molecular formula is C22H24F3N5OS. The first kappa shape index (κ1) is 21.4. The SMILES string of the molecule is CC1=C(c2nnc(C3CCCCC3)s2)C(=O)N2NC(C(F)(F)F)C(c3ccccc3)C2N1. The van der Waals surface area contributed by atoms with Crippen LogP contribution in [0.15, 0.2) is 36.0 Å². The highest BCUT2D eigenvalue weighted by Crippen LogP contribution is 2.43. The molecule has 1 amide bonds. The van der Waals surface area contributed by atoms with Crippen LogP contribution in [0.3, 0.4) is 0 Å². The van der Waals surface area contributed by atoms with Crippen molar-refractivity contribution in [3.8, 4) is 0 Å². The zero-order chi connectivity index (χ0) is 22.5. The van der Waals surface area contributed by atoms with Gasteiger partial charge in [0.15, 0.2) is 5.01 Å². The summed E-state index contributed by atoms with van der Waals surface area (Å²) in [5, 5.41) is 14.2. The number of aromatic nitrogens is 2. The van der Waals surface area contributed by atoms with Gasteiger partial charge in [-0.1, -0.05) is 60.9 Å². The number of benzene rings is 1. The number of hydrogen-bond donors (Lipinski definition) is 2.